The summed E-state index contributed by atoms with van der Waals surface area (Å²) in [6.45, 7) is 2.99. The number of rotatable bonds is 7. The van der Waals surface area contributed by atoms with Gasteiger partial charge in [0.2, 0.25) is 5.95 Å². The fraction of sp³-hybridized carbons (Fsp3) is 0.571. The Kier molecular flexibility index (Phi) is 7.00. The maximum absolute atomic E-state index is 12.5. The standard InChI is InChI=1S/C14H21F2N7O.ClH/c1-14(2,24)6-18-11-10-9(19-7-20-11)12(17-5-8(15)16)22-13(21-10)23(3)4;/h7-8,24H,5-6H2,1-4H3,(H,17,21,22)(H,18,19,20);1H. The average Bonchev–Trinajstić information content (AvgIpc) is 2.49. The van der Waals surface area contributed by atoms with Crippen molar-refractivity contribution in [2.24, 2.45) is 0 Å². The van der Waals surface area contributed by atoms with Crippen LogP contribution in [0, 0.1) is 0 Å². The summed E-state index contributed by atoms with van der Waals surface area (Å²) in [5, 5.41) is 15.4. The van der Waals surface area contributed by atoms with E-state index >= 15 is 0 Å². The van der Waals surface area contributed by atoms with Gasteiger partial charge in [-0.05, 0) is 13.8 Å². The summed E-state index contributed by atoms with van der Waals surface area (Å²) in [6, 6.07) is 0. The lowest BCUT2D eigenvalue weighted by molar-refractivity contribution is 0.0944. The van der Waals surface area contributed by atoms with Gasteiger partial charge in [0.1, 0.15) is 17.4 Å². The molecule has 140 valence electrons. The normalized spacial score (nSPS) is 11.4. The Balaban J connectivity index is 0.00000312. The smallest absolute Gasteiger partial charge is 0.255 e. The first-order valence-electron chi connectivity index (χ1n) is 7.36. The molecular weight excluding hydrogens is 356 g/mol. The zero-order chi connectivity index (χ0) is 17.9. The van der Waals surface area contributed by atoms with Crippen molar-refractivity contribution in [3.8, 4) is 0 Å². The van der Waals surface area contributed by atoms with E-state index in [1.165, 1.54) is 6.33 Å². The second-order valence-corrected chi connectivity index (χ2v) is 6.12. The quantitative estimate of drug-likeness (QED) is 0.671. The highest BCUT2D eigenvalue weighted by Crippen LogP contribution is 2.25. The second kappa shape index (κ2) is 8.34. The van der Waals surface area contributed by atoms with E-state index in [-0.39, 0.29) is 24.8 Å². The van der Waals surface area contributed by atoms with Crippen molar-refractivity contribution in [1.29, 1.82) is 0 Å². The van der Waals surface area contributed by atoms with E-state index in [1.54, 1.807) is 32.8 Å². The number of nitrogens with one attached hydrogen (secondary N) is 2. The summed E-state index contributed by atoms with van der Waals surface area (Å²) in [5.41, 5.74) is -0.238. The van der Waals surface area contributed by atoms with Gasteiger partial charge in [0.05, 0.1) is 12.1 Å². The van der Waals surface area contributed by atoms with Gasteiger partial charge in [-0.25, -0.2) is 23.7 Å². The lowest BCUT2D eigenvalue weighted by Crippen LogP contribution is -2.29. The van der Waals surface area contributed by atoms with Crippen molar-refractivity contribution in [3.63, 3.8) is 0 Å². The molecule has 3 N–H and O–H groups in total. The number of alkyl halides is 2. The topological polar surface area (TPSA) is 99.1 Å². The van der Waals surface area contributed by atoms with Gasteiger partial charge in [-0.15, -0.1) is 12.4 Å². The van der Waals surface area contributed by atoms with Crippen molar-refractivity contribution in [3.05, 3.63) is 6.33 Å². The van der Waals surface area contributed by atoms with E-state index in [0.717, 1.165) is 0 Å². The highest BCUT2D eigenvalue weighted by Gasteiger charge is 2.18. The van der Waals surface area contributed by atoms with Crippen LogP contribution >= 0.6 is 12.4 Å². The minimum absolute atomic E-state index is 0. The molecule has 0 atom stereocenters. The summed E-state index contributed by atoms with van der Waals surface area (Å²) in [5.74, 6) is 0.936. The third-order valence-electron chi connectivity index (χ3n) is 2.98. The first-order valence-corrected chi connectivity index (χ1v) is 7.36. The van der Waals surface area contributed by atoms with Crippen molar-refractivity contribution in [1.82, 2.24) is 19.9 Å². The molecule has 0 amide bonds. The zero-order valence-electron chi connectivity index (χ0n) is 14.4. The number of nitrogens with zero attached hydrogens (tertiary/aromatic N) is 5. The molecule has 0 aromatic carbocycles. The van der Waals surface area contributed by atoms with Gasteiger partial charge in [-0.3, -0.25) is 0 Å². The minimum Gasteiger partial charge on any atom is -0.389 e. The van der Waals surface area contributed by atoms with E-state index in [9.17, 15) is 13.9 Å². The van der Waals surface area contributed by atoms with Crippen LogP contribution in [0.5, 0.6) is 0 Å². The Labute approximate surface area is 150 Å². The fourth-order valence-electron chi connectivity index (χ4n) is 1.86. The molecule has 2 rings (SSSR count). The average molecular weight is 378 g/mol. The molecule has 0 unspecified atom stereocenters. The van der Waals surface area contributed by atoms with Gasteiger partial charge in [-0.1, -0.05) is 0 Å². The molecule has 0 radical (unpaired) electrons. The van der Waals surface area contributed by atoms with Gasteiger partial charge in [0.25, 0.3) is 6.43 Å². The number of hydrogen-bond acceptors (Lipinski definition) is 8. The Bertz CT molecular complexity index is 709. The summed E-state index contributed by atoms with van der Waals surface area (Å²) >= 11 is 0. The van der Waals surface area contributed by atoms with Crippen molar-refractivity contribution >= 4 is 41.0 Å². The van der Waals surface area contributed by atoms with Crippen LogP contribution in [0.4, 0.5) is 26.4 Å². The third-order valence-corrected chi connectivity index (χ3v) is 2.98. The van der Waals surface area contributed by atoms with Crippen LogP contribution in [0.15, 0.2) is 6.33 Å². The minimum atomic E-state index is -2.52. The number of fused-ring (bicyclic) bond motifs is 1. The van der Waals surface area contributed by atoms with E-state index in [1.807, 2.05) is 0 Å². The van der Waals surface area contributed by atoms with Gasteiger partial charge in [0.15, 0.2) is 11.6 Å². The molecule has 8 nitrogen and oxygen atoms in total. The molecule has 0 spiro atoms. The van der Waals surface area contributed by atoms with Crippen LogP contribution in [-0.4, -0.2) is 64.3 Å². The van der Waals surface area contributed by atoms with Crippen LogP contribution in [0.25, 0.3) is 11.0 Å². The lowest BCUT2D eigenvalue weighted by atomic mass is 10.1. The van der Waals surface area contributed by atoms with Crippen LogP contribution < -0.4 is 15.5 Å². The molecule has 0 aliphatic heterocycles. The first kappa shape index (κ1) is 21.0. The summed E-state index contributed by atoms with van der Waals surface area (Å²) in [6.07, 6.45) is -1.23. The van der Waals surface area contributed by atoms with Crippen molar-refractivity contribution in [2.75, 3.05) is 42.7 Å². The zero-order valence-corrected chi connectivity index (χ0v) is 15.2. The summed E-state index contributed by atoms with van der Waals surface area (Å²) in [7, 11) is 3.48. The second-order valence-electron chi connectivity index (χ2n) is 6.12. The summed E-state index contributed by atoms with van der Waals surface area (Å²) in [4.78, 5) is 18.5. The number of aromatic nitrogens is 4. The van der Waals surface area contributed by atoms with Crippen molar-refractivity contribution in [2.45, 2.75) is 25.9 Å². The van der Waals surface area contributed by atoms with Gasteiger partial charge < -0.3 is 20.6 Å². The molecule has 2 aromatic heterocycles. The Hall–Kier alpha value is -2.07. The van der Waals surface area contributed by atoms with Crippen LogP contribution in [0.2, 0.25) is 0 Å². The molecule has 2 aromatic rings. The van der Waals surface area contributed by atoms with E-state index < -0.39 is 18.6 Å². The fourth-order valence-corrected chi connectivity index (χ4v) is 1.86. The van der Waals surface area contributed by atoms with Crippen LogP contribution in [0.3, 0.4) is 0 Å². The molecular formula is C14H22ClF2N7O. The molecule has 0 aliphatic rings. The maximum Gasteiger partial charge on any atom is 0.255 e. The molecule has 0 bridgehead atoms. The Morgan fingerprint density at radius 2 is 1.80 bits per heavy atom. The van der Waals surface area contributed by atoms with Crippen LogP contribution in [0.1, 0.15) is 13.8 Å². The predicted octanol–water partition coefficient (Wildman–Crippen LogP) is 1.77. The number of halogens is 3. The molecule has 0 saturated heterocycles. The first-order chi connectivity index (χ1) is 11.2. The van der Waals surface area contributed by atoms with E-state index in [0.29, 0.717) is 22.8 Å². The Morgan fingerprint density at radius 3 is 2.36 bits per heavy atom. The van der Waals surface area contributed by atoms with Gasteiger partial charge in [-0.2, -0.15) is 4.98 Å². The molecule has 0 fully saturated rings. The number of anilines is 3. The Morgan fingerprint density at radius 1 is 1.12 bits per heavy atom. The van der Waals surface area contributed by atoms with Crippen molar-refractivity contribution < 1.29 is 13.9 Å². The van der Waals surface area contributed by atoms with Crippen LogP contribution in [-0.2, 0) is 0 Å². The monoisotopic (exact) mass is 377 g/mol. The highest BCUT2D eigenvalue weighted by atomic mass is 35.5. The number of aliphatic hydroxyl groups is 1. The highest BCUT2D eigenvalue weighted by molar-refractivity contribution is 5.93. The molecule has 2 heterocycles. The molecule has 0 saturated carbocycles. The SMILES string of the molecule is CN(C)c1nc(NCC(F)F)c2ncnc(NCC(C)(C)O)c2n1.Cl. The maximum atomic E-state index is 12.5. The third kappa shape index (κ3) is 5.75. The van der Waals surface area contributed by atoms with E-state index in [2.05, 4.69) is 30.6 Å². The number of hydrogen-bond donors (Lipinski definition) is 3. The summed E-state index contributed by atoms with van der Waals surface area (Å²) < 4.78 is 25.0. The predicted molar refractivity (Wildman–Crippen MR) is 96.0 cm³/mol. The molecule has 0 aliphatic carbocycles. The van der Waals surface area contributed by atoms with Gasteiger partial charge in [0, 0.05) is 20.6 Å². The van der Waals surface area contributed by atoms with E-state index in [4.69, 9.17) is 0 Å². The molecule has 11 heteroatoms. The lowest BCUT2D eigenvalue weighted by Gasteiger charge is -2.19. The molecule has 25 heavy (non-hydrogen) atoms. The van der Waals surface area contributed by atoms with Gasteiger partial charge >= 0.3 is 0 Å². The largest absolute Gasteiger partial charge is 0.389 e.